The van der Waals surface area contributed by atoms with Gasteiger partial charge in [-0.15, -0.1) is 11.3 Å². The van der Waals surface area contributed by atoms with Gasteiger partial charge in [-0.05, 0) is 44.2 Å². The van der Waals surface area contributed by atoms with Crippen LogP contribution in [0, 0.1) is 12.8 Å². The number of hydrogen-bond donors (Lipinski definition) is 3. The third kappa shape index (κ3) is 4.54. The predicted molar refractivity (Wildman–Crippen MR) is 83.7 cm³/mol. The molecule has 116 valence electrons. The minimum Gasteiger partial charge on any atom is -0.393 e. The van der Waals surface area contributed by atoms with Gasteiger partial charge in [0.25, 0.3) is 5.91 Å². The lowest BCUT2D eigenvalue weighted by Gasteiger charge is -2.08. The molecule has 0 radical (unpaired) electrons. The third-order valence-corrected chi connectivity index (χ3v) is 4.70. The largest absolute Gasteiger partial charge is 0.393 e. The highest BCUT2D eigenvalue weighted by Gasteiger charge is 2.30. The lowest BCUT2D eigenvalue weighted by Crippen LogP contribution is -2.26. The maximum atomic E-state index is 12.1. The number of nitrogens with one attached hydrogen (secondary N) is 2. The molecule has 21 heavy (non-hydrogen) atoms. The fraction of sp³-hybridized carbons (Fsp3) is 0.600. The van der Waals surface area contributed by atoms with Crippen LogP contribution in [0.5, 0.6) is 0 Å². The van der Waals surface area contributed by atoms with Gasteiger partial charge in [0.2, 0.25) is 5.91 Å². The van der Waals surface area contributed by atoms with Gasteiger partial charge in [-0.3, -0.25) is 9.59 Å². The van der Waals surface area contributed by atoms with Crippen molar-refractivity contribution in [2.45, 2.75) is 45.6 Å². The van der Waals surface area contributed by atoms with E-state index in [1.165, 1.54) is 11.3 Å². The quantitative estimate of drug-likeness (QED) is 0.723. The minimum absolute atomic E-state index is 0.0503. The number of aliphatic hydroxyl groups is 1. The number of aryl methyl sites for hydroxylation is 1. The van der Waals surface area contributed by atoms with Crippen molar-refractivity contribution >= 4 is 28.2 Å². The van der Waals surface area contributed by atoms with Crippen LogP contribution in [0.2, 0.25) is 0 Å². The molecular weight excluding hydrogens is 288 g/mol. The Hall–Kier alpha value is -1.40. The van der Waals surface area contributed by atoms with Crippen LogP contribution in [-0.4, -0.2) is 29.6 Å². The zero-order valence-electron chi connectivity index (χ0n) is 12.4. The second-order valence-corrected chi connectivity index (χ2v) is 6.55. The van der Waals surface area contributed by atoms with Gasteiger partial charge >= 0.3 is 0 Å². The molecule has 3 N–H and O–H groups in total. The maximum Gasteiger partial charge on any atom is 0.261 e. The van der Waals surface area contributed by atoms with E-state index in [4.69, 9.17) is 0 Å². The Bertz CT molecular complexity index is 523. The molecule has 1 saturated carbocycles. The van der Waals surface area contributed by atoms with Gasteiger partial charge in [-0.2, -0.15) is 0 Å². The topological polar surface area (TPSA) is 78.4 Å². The smallest absolute Gasteiger partial charge is 0.261 e. The van der Waals surface area contributed by atoms with Crippen LogP contribution in [0.4, 0.5) is 5.00 Å². The molecule has 0 bridgehead atoms. The van der Waals surface area contributed by atoms with E-state index >= 15 is 0 Å². The molecule has 0 aromatic carbocycles. The van der Waals surface area contributed by atoms with E-state index in [-0.39, 0.29) is 23.8 Å². The van der Waals surface area contributed by atoms with Crippen LogP contribution in [0.25, 0.3) is 0 Å². The number of carbonyl (C=O) groups excluding carboxylic acids is 2. The summed E-state index contributed by atoms with van der Waals surface area (Å²) in [7, 11) is 0. The highest BCUT2D eigenvalue weighted by molar-refractivity contribution is 7.18. The fourth-order valence-electron chi connectivity index (χ4n) is 1.97. The van der Waals surface area contributed by atoms with Crippen molar-refractivity contribution < 1.29 is 14.7 Å². The van der Waals surface area contributed by atoms with Crippen molar-refractivity contribution in [1.82, 2.24) is 5.32 Å². The summed E-state index contributed by atoms with van der Waals surface area (Å²) < 4.78 is 0. The molecule has 1 fully saturated rings. The van der Waals surface area contributed by atoms with Crippen LogP contribution in [-0.2, 0) is 4.79 Å². The van der Waals surface area contributed by atoms with Crippen LogP contribution < -0.4 is 10.6 Å². The second-order valence-electron chi connectivity index (χ2n) is 5.49. The lowest BCUT2D eigenvalue weighted by atomic mass is 10.2. The number of carbonyl (C=O) groups is 2. The van der Waals surface area contributed by atoms with Gasteiger partial charge in [-0.25, -0.2) is 0 Å². The Morgan fingerprint density at radius 2 is 2.19 bits per heavy atom. The summed E-state index contributed by atoms with van der Waals surface area (Å²) in [6.45, 7) is 4.22. The molecular formula is C15H22N2O3S. The van der Waals surface area contributed by atoms with Gasteiger partial charge in [-0.1, -0.05) is 6.92 Å². The molecule has 2 amide bonds. The van der Waals surface area contributed by atoms with E-state index in [1.807, 2.05) is 19.9 Å². The van der Waals surface area contributed by atoms with Gasteiger partial charge in [0.15, 0.2) is 0 Å². The molecule has 0 spiro atoms. The summed E-state index contributed by atoms with van der Waals surface area (Å²) in [5, 5.41) is 15.9. The van der Waals surface area contributed by atoms with Gasteiger partial charge in [0.1, 0.15) is 0 Å². The Morgan fingerprint density at radius 3 is 2.81 bits per heavy atom. The van der Waals surface area contributed by atoms with Gasteiger partial charge in [0, 0.05) is 12.5 Å². The van der Waals surface area contributed by atoms with E-state index in [0.29, 0.717) is 24.3 Å². The first-order valence-corrected chi connectivity index (χ1v) is 8.20. The van der Waals surface area contributed by atoms with E-state index < -0.39 is 0 Å². The molecule has 1 aliphatic carbocycles. The monoisotopic (exact) mass is 310 g/mol. The molecule has 2 rings (SSSR count). The molecule has 1 aromatic rings. The van der Waals surface area contributed by atoms with Crippen LogP contribution in [0.3, 0.4) is 0 Å². The molecule has 1 atom stereocenters. The average Bonchev–Trinajstić information content (AvgIpc) is 3.23. The Labute approximate surface area is 128 Å². The second kappa shape index (κ2) is 7.04. The van der Waals surface area contributed by atoms with E-state index in [1.54, 1.807) is 0 Å². The van der Waals surface area contributed by atoms with Gasteiger partial charge < -0.3 is 15.7 Å². The molecule has 0 saturated heterocycles. The normalized spacial score (nSPS) is 15.6. The summed E-state index contributed by atoms with van der Waals surface area (Å²) in [5.41, 5.74) is 0.861. The molecule has 1 heterocycles. The lowest BCUT2D eigenvalue weighted by molar-refractivity contribution is -0.117. The third-order valence-electron chi connectivity index (χ3n) is 3.55. The number of thiophene rings is 1. The fourth-order valence-corrected chi connectivity index (χ4v) is 2.97. The first-order chi connectivity index (χ1) is 10.0. The summed E-state index contributed by atoms with van der Waals surface area (Å²) in [4.78, 5) is 24.4. The van der Waals surface area contributed by atoms with E-state index in [0.717, 1.165) is 23.4 Å². The van der Waals surface area contributed by atoms with Crippen molar-refractivity contribution in [3.05, 3.63) is 16.5 Å². The van der Waals surface area contributed by atoms with E-state index in [2.05, 4.69) is 10.6 Å². The molecule has 1 aliphatic rings. The zero-order valence-corrected chi connectivity index (χ0v) is 13.3. The number of hydrogen-bond acceptors (Lipinski definition) is 4. The minimum atomic E-state index is -0.372. The highest BCUT2D eigenvalue weighted by atomic mass is 32.1. The highest BCUT2D eigenvalue weighted by Crippen LogP contribution is 2.32. The number of rotatable bonds is 7. The molecule has 5 nitrogen and oxygen atoms in total. The molecule has 1 aromatic heterocycles. The molecule has 6 heteroatoms. The van der Waals surface area contributed by atoms with Crippen molar-refractivity contribution in [1.29, 1.82) is 0 Å². The SMILES string of the molecule is CCC(O)CCNC(=O)c1sc(NC(=O)C2CC2)cc1C. The number of anilines is 1. The van der Waals surface area contributed by atoms with Crippen molar-refractivity contribution in [2.75, 3.05) is 11.9 Å². The Kier molecular flexibility index (Phi) is 5.36. The van der Waals surface area contributed by atoms with Crippen molar-refractivity contribution in [3.8, 4) is 0 Å². The summed E-state index contributed by atoms with van der Waals surface area (Å²) in [6.07, 6.45) is 2.79. The Balaban J connectivity index is 1.88. The first-order valence-electron chi connectivity index (χ1n) is 7.38. The predicted octanol–water partition coefficient (Wildman–Crippen LogP) is 2.30. The number of amides is 2. The standard InChI is InChI=1S/C15H22N2O3S/c1-3-11(18)6-7-16-15(20)13-9(2)8-12(21-13)17-14(19)10-4-5-10/h8,10-11,18H,3-7H2,1-2H3,(H,16,20)(H,17,19). The summed E-state index contributed by atoms with van der Waals surface area (Å²) in [5.74, 6) is 0.0576. The van der Waals surface area contributed by atoms with Crippen molar-refractivity contribution in [2.24, 2.45) is 5.92 Å². The summed E-state index contributed by atoms with van der Waals surface area (Å²) in [6, 6.07) is 1.83. The molecule has 0 aliphatic heterocycles. The van der Waals surface area contributed by atoms with Gasteiger partial charge in [0.05, 0.1) is 16.0 Å². The zero-order chi connectivity index (χ0) is 15.4. The Morgan fingerprint density at radius 1 is 1.48 bits per heavy atom. The van der Waals surface area contributed by atoms with Crippen LogP contribution in [0.15, 0.2) is 6.07 Å². The van der Waals surface area contributed by atoms with Crippen LogP contribution >= 0.6 is 11.3 Å². The average molecular weight is 310 g/mol. The summed E-state index contributed by atoms with van der Waals surface area (Å²) >= 11 is 1.30. The van der Waals surface area contributed by atoms with Crippen molar-refractivity contribution in [3.63, 3.8) is 0 Å². The molecule has 1 unspecified atom stereocenters. The van der Waals surface area contributed by atoms with Crippen LogP contribution in [0.1, 0.15) is 47.8 Å². The van der Waals surface area contributed by atoms with E-state index in [9.17, 15) is 14.7 Å². The first kappa shape index (κ1) is 16.0. The maximum absolute atomic E-state index is 12.1. The number of aliphatic hydroxyl groups excluding tert-OH is 1.